The maximum atomic E-state index is 13.2. The summed E-state index contributed by atoms with van der Waals surface area (Å²) < 4.78 is 39.7. The van der Waals surface area contributed by atoms with E-state index < -0.39 is 12.1 Å². The Balaban J connectivity index is 2.05. The Labute approximate surface area is 127 Å². The number of nitrogens with one attached hydrogen (secondary N) is 1. The Morgan fingerprint density at radius 2 is 1.62 bits per heavy atom. The van der Waals surface area contributed by atoms with Gasteiger partial charge in [0.2, 0.25) is 0 Å². The SMILES string of the molecule is CC1CCC(C(C)C)C(NC2CCCCC2C(F)(F)F)C1. The van der Waals surface area contributed by atoms with Crippen LogP contribution in [0, 0.1) is 23.7 Å². The van der Waals surface area contributed by atoms with E-state index in [4.69, 9.17) is 0 Å². The van der Waals surface area contributed by atoms with Gasteiger partial charge in [0.1, 0.15) is 0 Å². The van der Waals surface area contributed by atoms with Crippen LogP contribution in [0.15, 0.2) is 0 Å². The molecule has 2 aliphatic carbocycles. The number of hydrogen-bond donors (Lipinski definition) is 1. The molecule has 4 heteroatoms. The number of rotatable bonds is 3. The first-order chi connectivity index (χ1) is 9.79. The van der Waals surface area contributed by atoms with E-state index in [-0.39, 0.29) is 12.1 Å². The van der Waals surface area contributed by atoms with E-state index in [0.717, 1.165) is 25.7 Å². The number of alkyl halides is 3. The second kappa shape index (κ2) is 6.89. The topological polar surface area (TPSA) is 12.0 Å². The van der Waals surface area contributed by atoms with Gasteiger partial charge >= 0.3 is 6.18 Å². The van der Waals surface area contributed by atoms with Gasteiger partial charge in [-0.3, -0.25) is 0 Å². The van der Waals surface area contributed by atoms with E-state index in [9.17, 15) is 13.2 Å². The van der Waals surface area contributed by atoms with Gasteiger partial charge in [-0.15, -0.1) is 0 Å². The quantitative estimate of drug-likeness (QED) is 0.759. The highest BCUT2D eigenvalue weighted by atomic mass is 19.4. The first-order valence-corrected chi connectivity index (χ1v) is 8.61. The molecule has 0 spiro atoms. The van der Waals surface area contributed by atoms with Crippen molar-refractivity contribution < 1.29 is 13.2 Å². The van der Waals surface area contributed by atoms with Crippen LogP contribution in [0.25, 0.3) is 0 Å². The maximum Gasteiger partial charge on any atom is 0.393 e. The molecule has 2 fully saturated rings. The summed E-state index contributed by atoms with van der Waals surface area (Å²) in [5, 5.41) is 3.46. The molecule has 5 atom stereocenters. The summed E-state index contributed by atoms with van der Waals surface area (Å²) in [6.07, 6.45) is 1.98. The predicted molar refractivity (Wildman–Crippen MR) is 80.1 cm³/mol. The lowest BCUT2D eigenvalue weighted by atomic mass is 9.73. The second-order valence-electron chi connectivity index (χ2n) is 7.64. The van der Waals surface area contributed by atoms with Crippen LogP contribution in [-0.4, -0.2) is 18.3 Å². The zero-order valence-corrected chi connectivity index (χ0v) is 13.5. The standard InChI is InChI=1S/C17H30F3N/c1-11(2)13-9-8-12(3)10-16(13)21-15-7-5-4-6-14(15)17(18,19)20/h11-16,21H,4-10H2,1-3H3. The molecule has 0 aromatic rings. The average Bonchev–Trinajstić information content (AvgIpc) is 2.37. The van der Waals surface area contributed by atoms with Crippen molar-refractivity contribution in [1.29, 1.82) is 0 Å². The Kier molecular flexibility index (Phi) is 5.61. The van der Waals surface area contributed by atoms with Crippen LogP contribution in [0.5, 0.6) is 0 Å². The van der Waals surface area contributed by atoms with Crippen LogP contribution < -0.4 is 5.32 Å². The minimum absolute atomic E-state index is 0.265. The third-order valence-corrected chi connectivity index (χ3v) is 5.64. The lowest BCUT2D eigenvalue weighted by Gasteiger charge is -2.43. The largest absolute Gasteiger partial charge is 0.393 e. The molecule has 0 radical (unpaired) electrons. The van der Waals surface area contributed by atoms with Gasteiger partial charge in [-0.1, -0.05) is 40.0 Å². The highest BCUT2D eigenvalue weighted by Gasteiger charge is 2.46. The Morgan fingerprint density at radius 1 is 0.952 bits per heavy atom. The molecule has 2 rings (SSSR count). The highest BCUT2D eigenvalue weighted by molar-refractivity contribution is 4.92. The van der Waals surface area contributed by atoms with E-state index >= 15 is 0 Å². The summed E-state index contributed by atoms with van der Waals surface area (Å²) in [4.78, 5) is 0. The highest BCUT2D eigenvalue weighted by Crippen LogP contribution is 2.40. The Morgan fingerprint density at radius 3 is 2.24 bits per heavy atom. The van der Waals surface area contributed by atoms with Crippen molar-refractivity contribution in [3.05, 3.63) is 0 Å². The van der Waals surface area contributed by atoms with Gasteiger partial charge in [0.25, 0.3) is 0 Å². The Hall–Kier alpha value is -0.250. The molecule has 5 unspecified atom stereocenters. The summed E-state index contributed by atoms with van der Waals surface area (Å²) >= 11 is 0. The van der Waals surface area contributed by atoms with Crippen LogP contribution >= 0.6 is 0 Å². The van der Waals surface area contributed by atoms with Gasteiger partial charge in [-0.25, -0.2) is 0 Å². The van der Waals surface area contributed by atoms with Crippen molar-refractivity contribution in [2.45, 2.75) is 84.0 Å². The van der Waals surface area contributed by atoms with E-state index in [1.165, 1.54) is 6.42 Å². The molecular formula is C17H30F3N. The summed E-state index contributed by atoms with van der Waals surface area (Å²) in [5.74, 6) is 0.557. The van der Waals surface area contributed by atoms with Crippen LogP contribution in [0.1, 0.15) is 65.7 Å². The fraction of sp³-hybridized carbons (Fsp3) is 1.00. The second-order valence-corrected chi connectivity index (χ2v) is 7.64. The first kappa shape index (κ1) is 17.1. The molecule has 0 aromatic heterocycles. The van der Waals surface area contributed by atoms with Gasteiger partial charge in [-0.2, -0.15) is 13.2 Å². The van der Waals surface area contributed by atoms with E-state index in [1.54, 1.807) is 0 Å². The molecule has 1 nitrogen and oxygen atoms in total. The molecule has 2 aliphatic rings. The van der Waals surface area contributed by atoms with Gasteiger partial charge < -0.3 is 5.32 Å². The molecule has 0 saturated heterocycles. The smallest absolute Gasteiger partial charge is 0.310 e. The van der Waals surface area contributed by atoms with Crippen LogP contribution in [0.2, 0.25) is 0 Å². The van der Waals surface area contributed by atoms with E-state index in [2.05, 4.69) is 26.1 Å². The van der Waals surface area contributed by atoms with Gasteiger partial charge in [0.15, 0.2) is 0 Å². The van der Waals surface area contributed by atoms with Gasteiger partial charge in [0.05, 0.1) is 5.92 Å². The molecule has 2 saturated carbocycles. The monoisotopic (exact) mass is 305 g/mol. The minimum Gasteiger partial charge on any atom is -0.310 e. The third-order valence-electron chi connectivity index (χ3n) is 5.64. The molecule has 0 bridgehead atoms. The summed E-state index contributed by atoms with van der Waals surface area (Å²) in [6.45, 7) is 6.64. The number of halogens is 3. The molecule has 0 aromatic carbocycles. The zero-order chi connectivity index (χ0) is 15.6. The molecule has 0 aliphatic heterocycles. The van der Waals surface area contributed by atoms with Gasteiger partial charge in [-0.05, 0) is 43.4 Å². The van der Waals surface area contributed by atoms with Crippen LogP contribution in [0.4, 0.5) is 13.2 Å². The molecule has 124 valence electrons. The van der Waals surface area contributed by atoms with Crippen molar-refractivity contribution in [2.24, 2.45) is 23.7 Å². The summed E-state index contributed by atoms with van der Waals surface area (Å²) in [7, 11) is 0. The van der Waals surface area contributed by atoms with Crippen molar-refractivity contribution in [2.75, 3.05) is 0 Å². The first-order valence-electron chi connectivity index (χ1n) is 8.61. The summed E-state index contributed by atoms with van der Waals surface area (Å²) in [5.41, 5.74) is 0. The minimum atomic E-state index is -4.05. The molecule has 0 heterocycles. The fourth-order valence-electron chi connectivity index (χ4n) is 4.39. The summed E-state index contributed by atoms with van der Waals surface area (Å²) in [6, 6.07) is -0.100. The van der Waals surface area contributed by atoms with Crippen LogP contribution in [0.3, 0.4) is 0 Å². The van der Waals surface area contributed by atoms with Crippen LogP contribution in [-0.2, 0) is 0 Å². The van der Waals surface area contributed by atoms with E-state index in [1.807, 2.05) is 0 Å². The van der Waals surface area contributed by atoms with Gasteiger partial charge in [0, 0.05) is 12.1 Å². The molecule has 21 heavy (non-hydrogen) atoms. The average molecular weight is 305 g/mol. The van der Waals surface area contributed by atoms with Crippen molar-refractivity contribution in [3.8, 4) is 0 Å². The molecular weight excluding hydrogens is 275 g/mol. The maximum absolute atomic E-state index is 13.2. The zero-order valence-electron chi connectivity index (χ0n) is 13.5. The number of hydrogen-bond acceptors (Lipinski definition) is 1. The van der Waals surface area contributed by atoms with Crippen molar-refractivity contribution >= 4 is 0 Å². The lowest BCUT2D eigenvalue weighted by molar-refractivity contribution is -0.190. The normalized spacial score (nSPS) is 38.7. The molecule has 1 N–H and O–H groups in total. The van der Waals surface area contributed by atoms with E-state index in [0.29, 0.717) is 30.6 Å². The van der Waals surface area contributed by atoms with Crippen molar-refractivity contribution in [1.82, 2.24) is 5.32 Å². The molecule has 0 amide bonds. The Bertz CT molecular complexity index is 326. The van der Waals surface area contributed by atoms with Crippen molar-refractivity contribution in [3.63, 3.8) is 0 Å². The predicted octanol–water partition coefficient (Wildman–Crippen LogP) is 5.16. The third kappa shape index (κ3) is 4.37. The fourth-order valence-corrected chi connectivity index (χ4v) is 4.39. The lowest BCUT2D eigenvalue weighted by Crippen LogP contribution is -2.53.